The monoisotopic (exact) mass is 333 g/mol. The molecule has 3 rings (SSSR count). The molecule has 0 saturated carbocycles. The van der Waals surface area contributed by atoms with Crippen LogP contribution in [0.1, 0.15) is 18.9 Å². The molecule has 1 aromatic heterocycles. The first-order chi connectivity index (χ1) is 11.7. The van der Waals surface area contributed by atoms with Crippen LogP contribution in [0.15, 0.2) is 41.1 Å². The number of nitrogens with two attached hydrogens (primary N) is 1. The molecule has 2 aromatic rings. The van der Waals surface area contributed by atoms with Crippen molar-refractivity contribution in [2.45, 2.75) is 18.9 Å². The van der Waals surface area contributed by atoms with Crippen molar-refractivity contribution in [3.05, 3.63) is 46.7 Å². The highest BCUT2D eigenvalue weighted by Crippen LogP contribution is 2.21. The summed E-state index contributed by atoms with van der Waals surface area (Å²) >= 11 is 0. The van der Waals surface area contributed by atoms with Crippen LogP contribution in [-0.4, -0.2) is 36.1 Å². The lowest BCUT2D eigenvalue weighted by atomic mass is 10.1. The highest BCUT2D eigenvalue weighted by molar-refractivity contribution is 5.82. The van der Waals surface area contributed by atoms with Crippen molar-refractivity contribution in [2.24, 2.45) is 5.73 Å². The van der Waals surface area contributed by atoms with Crippen molar-refractivity contribution in [1.29, 1.82) is 0 Å². The molecule has 128 valence electrons. The summed E-state index contributed by atoms with van der Waals surface area (Å²) in [7, 11) is 0. The molecule has 0 unspecified atom stereocenters. The van der Waals surface area contributed by atoms with E-state index in [2.05, 4.69) is 5.10 Å². The van der Waals surface area contributed by atoms with Crippen LogP contribution in [0.25, 0.3) is 10.8 Å². The van der Waals surface area contributed by atoms with Gasteiger partial charge in [0.05, 0.1) is 24.0 Å². The van der Waals surface area contributed by atoms with Crippen molar-refractivity contribution < 1.29 is 13.9 Å². The van der Waals surface area contributed by atoms with E-state index in [1.54, 1.807) is 29.1 Å². The number of hydrogen-bond acceptors (Lipinski definition) is 5. The minimum absolute atomic E-state index is 0.0745. The minimum Gasteiger partial charge on any atom is -0.489 e. The Morgan fingerprint density at radius 3 is 2.96 bits per heavy atom. The molecule has 0 bridgehead atoms. The van der Waals surface area contributed by atoms with Crippen LogP contribution in [0.4, 0.5) is 4.39 Å². The fourth-order valence-electron chi connectivity index (χ4n) is 2.73. The first-order valence-corrected chi connectivity index (χ1v) is 7.93. The quantitative estimate of drug-likeness (QED) is 0.904. The van der Waals surface area contributed by atoms with E-state index in [1.165, 1.54) is 0 Å². The van der Waals surface area contributed by atoms with Gasteiger partial charge in [0.2, 0.25) is 0 Å². The van der Waals surface area contributed by atoms with Crippen LogP contribution in [0.5, 0.6) is 5.75 Å². The van der Waals surface area contributed by atoms with Crippen molar-refractivity contribution in [2.75, 3.05) is 26.4 Å². The van der Waals surface area contributed by atoms with Crippen LogP contribution in [-0.2, 0) is 4.74 Å². The number of benzene rings is 1. The van der Waals surface area contributed by atoms with Crippen molar-refractivity contribution in [3.63, 3.8) is 0 Å². The Hall–Kier alpha value is -2.25. The lowest BCUT2D eigenvalue weighted by molar-refractivity contribution is 0.0650. The second kappa shape index (κ2) is 7.55. The molecule has 1 fully saturated rings. The zero-order chi connectivity index (χ0) is 16.9. The molecule has 6 nitrogen and oxygen atoms in total. The maximum atomic E-state index is 12.6. The van der Waals surface area contributed by atoms with Gasteiger partial charge in [0.1, 0.15) is 12.4 Å². The summed E-state index contributed by atoms with van der Waals surface area (Å²) in [5.74, 6) is 0.542. The second-order valence-electron chi connectivity index (χ2n) is 5.75. The number of rotatable bonds is 5. The third kappa shape index (κ3) is 3.47. The summed E-state index contributed by atoms with van der Waals surface area (Å²) in [5.41, 5.74) is 5.64. The summed E-state index contributed by atoms with van der Waals surface area (Å²) in [4.78, 5) is 12.6. The normalized spacial score (nSPS) is 16.5. The van der Waals surface area contributed by atoms with Crippen molar-refractivity contribution in [1.82, 2.24) is 9.78 Å². The maximum absolute atomic E-state index is 12.6. The highest BCUT2D eigenvalue weighted by Gasteiger charge is 2.18. The van der Waals surface area contributed by atoms with Gasteiger partial charge in [-0.05, 0) is 31.0 Å². The summed E-state index contributed by atoms with van der Waals surface area (Å²) in [6.07, 6.45) is 3.69. The van der Waals surface area contributed by atoms with Gasteiger partial charge in [0, 0.05) is 30.7 Å². The van der Waals surface area contributed by atoms with Gasteiger partial charge < -0.3 is 15.2 Å². The zero-order valence-electron chi connectivity index (χ0n) is 13.3. The lowest BCUT2D eigenvalue weighted by Crippen LogP contribution is -2.31. The van der Waals surface area contributed by atoms with E-state index in [-0.39, 0.29) is 24.8 Å². The van der Waals surface area contributed by atoms with Gasteiger partial charge in [-0.3, -0.25) is 4.79 Å². The van der Waals surface area contributed by atoms with E-state index in [9.17, 15) is 9.18 Å². The van der Waals surface area contributed by atoms with Gasteiger partial charge in [-0.2, -0.15) is 5.10 Å². The molecule has 1 aliphatic heterocycles. The summed E-state index contributed by atoms with van der Waals surface area (Å²) in [5, 5.41) is 5.58. The van der Waals surface area contributed by atoms with E-state index in [0.717, 1.165) is 12.8 Å². The molecule has 1 saturated heterocycles. The Morgan fingerprint density at radius 1 is 1.46 bits per heavy atom. The van der Waals surface area contributed by atoms with Crippen LogP contribution in [0.3, 0.4) is 0 Å². The van der Waals surface area contributed by atoms with Crippen molar-refractivity contribution in [3.8, 4) is 5.75 Å². The number of aromatic nitrogens is 2. The molecule has 2 N–H and O–H groups in total. The Balaban J connectivity index is 1.85. The highest BCUT2D eigenvalue weighted by atomic mass is 19.1. The van der Waals surface area contributed by atoms with Gasteiger partial charge in [-0.25, -0.2) is 9.07 Å². The topological polar surface area (TPSA) is 79.4 Å². The molecule has 24 heavy (non-hydrogen) atoms. The minimum atomic E-state index is -0.114. The Bertz CT molecular complexity index is 797. The molecule has 1 aromatic carbocycles. The molecule has 1 aliphatic rings. The number of ether oxygens (including phenoxy) is 2. The van der Waals surface area contributed by atoms with Crippen molar-refractivity contribution >= 4 is 10.8 Å². The molecule has 0 spiro atoms. The molecule has 0 amide bonds. The predicted octanol–water partition coefficient (Wildman–Crippen LogP) is 1.94. The summed E-state index contributed by atoms with van der Waals surface area (Å²) in [6.45, 7) is 1.47. The van der Waals surface area contributed by atoms with Crippen LogP contribution in [0.2, 0.25) is 0 Å². The van der Waals surface area contributed by atoms with E-state index in [1.807, 2.05) is 0 Å². The Morgan fingerprint density at radius 2 is 2.25 bits per heavy atom. The number of nitrogens with zero attached hydrogens (tertiary/aromatic N) is 2. The van der Waals surface area contributed by atoms with Gasteiger partial charge in [0.15, 0.2) is 0 Å². The van der Waals surface area contributed by atoms with E-state index in [0.29, 0.717) is 41.6 Å². The lowest BCUT2D eigenvalue weighted by Gasteiger charge is -2.23. The van der Waals surface area contributed by atoms with Gasteiger partial charge in [-0.15, -0.1) is 0 Å². The van der Waals surface area contributed by atoms with Gasteiger partial charge in [-0.1, -0.05) is 0 Å². The van der Waals surface area contributed by atoms with E-state index in [4.69, 9.17) is 15.2 Å². The van der Waals surface area contributed by atoms with E-state index < -0.39 is 0 Å². The summed E-state index contributed by atoms with van der Waals surface area (Å²) in [6, 6.07) is 5.22. The average molecular weight is 333 g/mol. The SMILES string of the molecule is NCC(=CF)COc1ccc2c(=O)n(C3CCOCC3)ncc2c1. The Kier molecular flexibility index (Phi) is 5.22. The number of hydrogen-bond donors (Lipinski definition) is 1. The van der Waals surface area contributed by atoms with Gasteiger partial charge in [0.25, 0.3) is 5.56 Å². The smallest absolute Gasteiger partial charge is 0.274 e. The standard InChI is InChI=1S/C17H20FN3O3/c18-8-12(9-19)11-24-15-1-2-16-13(7-15)10-20-21(17(16)22)14-3-5-23-6-4-14/h1-2,7-8,10,14H,3-6,9,11,19H2. The average Bonchev–Trinajstić information content (AvgIpc) is 2.63. The number of halogens is 1. The van der Waals surface area contributed by atoms with Crippen LogP contribution in [0, 0.1) is 0 Å². The summed E-state index contributed by atoms with van der Waals surface area (Å²) < 4.78 is 24.9. The molecular formula is C17H20FN3O3. The Labute approximate surface area is 138 Å². The fourth-order valence-corrected chi connectivity index (χ4v) is 2.73. The molecule has 0 atom stereocenters. The number of fused-ring (bicyclic) bond motifs is 1. The first kappa shape index (κ1) is 16.6. The van der Waals surface area contributed by atoms with E-state index >= 15 is 0 Å². The van der Waals surface area contributed by atoms with Crippen LogP contribution < -0.4 is 16.0 Å². The molecular weight excluding hydrogens is 313 g/mol. The third-order valence-corrected chi connectivity index (χ3v) is 4.16. The fraction of sp³-hybridized carbons (Fsp3) is 0.412. The predicted molar refractivity (Wildman–Crippen MR) is 88.8 cm³/mol. The molecule has 0 radical (unpaired) electrons. The third-order valence-electron chi connectivity index (χ3n) is 4.16. The molecule has 7 heteroatoms. The van der Waals surface area contributed by atoms with Crippen LogP contribution >= 0.6 is 0 Å². The molecule has 2 heterocycles. The molecule has 0 aliphatic carbocycles. The maximum Gasteiger partial charge on any atom is 0.274 e. The van der Waals surface area contributed by atoms with Gasteiger partial charge >= 0.3 is 0 Å². The zero-order valence-corrected chi connectivity index (χ0v) is 13.3. The second-order valence-corrected chi connectivity index (χ2v) is 5.75. The largest absolute Gasteiger partial charge is 0.489 e. The first-order valence-electron chi connectivity index (χ1n) is 7.93.